The number of nitrogens with one attached hydrogen (secondary N) is 1. The van der Waals surface area contributed by atoms with Gasteiger partial charge in [0.1, 0.15) is 11.0 Å². The van der Waals surface area contributed by atoms with Crippen LogP contribution < -0.4 is 4.72 Å². The first-order valence-electron chi connectivity index (χ1n) is 8.01. The monoisotopic (exact) mass is 329 g/mol. The Morgan fingerprint density at radius 3 is 1.96 bits per heavy atom. The molecule has 2 rings (SSSR count). The topological polar surface area (TPSA) is 29.1 Å². The summed E-state index contributed by atoms with van der Waals surface area (Å²) in [5.74, 6) is 0. The maximum absolute atomic E-state index is 13.0. The van der Waals surface area contributed by atoms with Crippen LogP contribution >= 0.6 is 0 Å². The summed E-state index contributed by atoms with van der Waals surface area (Å²) in [6, 6.07) is 14.5. The second kappa shape index (κ2) is 6.98. The molecule has 2 aromatic carbocycles. The highest BCUT2D eigenvalue weighted by Gasteiger charge is 2.28. The molecule has 0 aliphatic heterocycles. The Hall–Kier alpha value is -1.45. The second-order valence-corrected chi connectivity index (χ2v) is 8.51. The molecule has 2 atom stereocenters. The number of aryl methyl sites for hydroxylation is 3. The summed E-state index contributed by atoms with van der Waals surface area (Å²) in [4.78, 5) is 0.904. The highest BCUT2D eigenvalue weighted by atomic mass is 32.2. The molecule has 3 heteroatoms. The molecule has 0 aromatic heterocycles. The lowest BCUT2D eigenvalue weighted by Crippen LogP contribution is -2.34. The van der Waals surface area contributed by atoms with Crippen molar-refractivity contribution in [1.82, 2.24) is 4.72 Å². The molecule has 0 radical (unpaired) electrons. The van der Waals surface area contributed by atoms with E-state index in [0.29, 0.717) is 0 Å². The van der Waals surface area contributed by atoms with Gasteiger partial charge in [0.05, 0.1) is 4.90 Å². The molecular weight excluding hydrogens is 302 g/mol. The van der Waals surface area contributed by atoms with Gasteiger partial charge in [0.2, 0.25) is 0 Å². The fraction of sp³-hybridized carbons (Fsp3) is 0.400. The van der Waals surface area contributed by atoms with E-state index in [4.69, 9.17) is 0 Å². The number of hydrogen-bond donors (Lipinski definition) is 1. The average molecular weight is 330 g/mol. The zero-order valence-electron chi connectivity index (χ0n) is 14.9. The highest BCUT2D eigenvalue weighted by molar-refractivity contribution is 7.83. The fourth-order valence-corrected chi connectivity index (χ4v) is 4.54. The van der Waals surface area contributed by atoms with Crippen molar-refractivity contribution in [2.24, 2.45) is 5.41 Å². The zero-order chi connectivity index (χ0) is 17.2. The molecule has 1 unspecified atom stereocenters. The van der Waals surface area contributed by atoms with Gasteiger partial charge in [-0.25, -0.2) is 8.93 Å². The van der Waals surface area contributed by atoms with Crippen LogP contribution in [0.1, 0.15) is 49.1 Å². The van der Waals surface area contributed by atoms with Gasteiger partial charge in [-0.15, -0.1) is 0 Å². The minimum atomic E-state index is -1.24. The van der Waals surface area contributed by atoms with Crippen LogP contribution in [0.15, 0.2) is 47.4 Å². The summed E-state index contributed by atoms with van der Waals surface area (Å²) in [7, 11) is -1.24. The van der Waals surface area contributed by atoms with E-state index in [-0.39, 0.29) is 11.5 Å². The fourth-order valence-electron chi connectivity index (χ4n) is 3.02. The van der Waals surface area contributed by atoms with Gasteiger partial charge in [-0.2, -0.15) is 0 Å². The Bertz CT molecular complexity index is 678. The van der Waals surface area contributed by atoms with Crippen molar-refractivity contribution in [2.45, 2.75) is 52.5 Å². The maximum atomic E-state index is 13.0. The lowest BCUT2D eigenvalue weighted by atomic mass is 9.83. The third-order valence-corrected chi connectivity index (χ3v) is 5.48. The van der Waals surface area contributed by atoms with Crippen molar-refractivity contribution in [2.75, 3.05) is 0 Å². The zero-order valence-corrected chi connectivity index (χ0v) is 15.8. The number of rotatable bonds is 4. The Labute approximate surface area is 142 Å². The Kier molecular flexibility index (Phi) is 5.43. The lowest BCUT2D eigenvalue weighted by Gasteiger charge is -2.32. The van der Waals surface area contributed by atoms with E-state index in [1.807, 2.05) is 32.0 Å². The molecule has 2 nitrogen and oxygen atoms in total. The van der Waals surface area contributed by atoms with Gasteiger partial charge in [0, 0.05) is 6.04 Å². The van der Waals surface area contributed by atoms with E-state index in [2.05, 4.69) is 56.7 Å². The van der Waals surface area contributed by atoms with Crippen molar-refractivity contribution in [1.29, 1.82) is 0 Å². The molecule has 1 N–H and O–H groups in total. The van der Waals surface area contributed by atoms with Crippen LogP contribution in [-0.4, -0.2) is 4.21 Å². The number of benzene rings is 2. The third-order valence-electron chi connectivity index (χ3n) is 4.01. The van der Waals surface area contributed by atoms with Crippen LogP contribution in [0.4, 0.5) is 0 Å². The second-order valence-electron chi connectivity index (χ2n) is 7.32. The van der Waals surface area contributed by atoms with Crippen LogP contribution in [0.5, 0.6) is 0 Å². The summed E-state index contributed by atoms with van der Waals surface area (Å²) < 4.78 is 16.4. The summed E-state index contributed by atoms with van der Waals surface area (Å²) in [6.07, 6.45) is 0. The first-order valence-corrected chi connectivity index (χ1v) is 9.16. The van der Waals surface area contributed by atoms with Crippen molar-refractivity contribution >= 4 is 11.0 Å². The van der Waals surface area contributed by atoms with Crippen LogP contribution in [0.25, 0.3) is 0 Å². The maximum Gasteiger partial charge on any atom is 0.126 e. The standard InChI is InChI=1S/C20H27NOS/c1-14-12-15(2)18(16(3)13-14)23(22)21-19(20(4,5)6)17-10-8-7-9-11-17/h7-13,19,21H,1-6H3/t19-,23?/m0/s1. The largest absolute Gasteiger partial charge is 0.237 e. The smallest absolute Gasteiger partial charge is 0.126 e. The minimum absolute atomic E-state index is 0.0182. The summed E-state index contributed by atoms with van der Waals surface area (Å²) in [5.41, 5.74) is 4.49. The van der Waals surface area contributed by atoms with E-state index >= 15 is 0 Å². The van der Waals surface area contributed by atoms with Gasteiger partial charge in [-0.3, -0.25) is 0 Å². The highest BCUT2D eigenvalue weighted by Crippen LogP contribution is 2.34. The molecule has 0 saturated carbocycles. The van der Waals surface area contributed by atoms with Crippen LogP contribution in [-0.2, 0) is 11.0 Å². The van der Waals surface area contributed by atoms with Crippen molar-refractivity contribution in [3.63, 3.8) is 0 Å². The van der Waals surface area contributed by atoms with Gasteiger partial charge in [0.15, 0.2) is 0 Å². The normalized spacial score (nSPS) is 14.5. The number of hydrogen-bond acceptors (Lipinski definition) is 1. The van der Waals surface area contributed by atoms with E-state index < -0.39 is 11.0 Å². The molecule has 0 amide bonds. The Morgan fingerprint density at radius 1 is 0.957 bits per heavy atom. The molecule has 2 aromatic rings. The van der Waals surface area contributed by atoms with Crippen LogP contribution in [0.3, 0.4) is 0 Å². The van der Waals surface area contributed by atoms with E-state index in [1.54, 1.807) is 0 Å². The lowest BCUT2D eigenvalue weighted by molar-refractivity contribution is 0.308. The molecule has 0 spiro atoms. The van der Waals surface area contributed by atoms with Gasteiger partial charge in [0.25, 0.3) is 0 Å². The van der Waals surface area contributed by atoms with E-state index in [0.717, 1.165) is 21.6 Å². The summed E-state index contributed by atoms with van der Waals surface area (Å²) in [6.45, 7) is 12.6. The molecular formula is C20H27NOS. The van der Waals surface area contributed by atoms with Crippen molar-refractivity contribution in [3.8, 4) is 0 Å². The van der Waals surface area contributed by atoms with Gasteiger partial charge >= 0.3 is 0 Å². The minimum Gasteiger partial charge on any atom is -0.237 e. The van der Waals surface area contributed by atoms with Crippen LogP contribution in [0.2, 0.25) is 0 Å². The molecule has 0 aliphatic rings. The van der Waals surface area contributed by atoms with Crippen molar-refractivity contribution in [3.05, 3.63) is 64.7 Å². The van der Waals surface area contributed by atoms with Crippen LogP contribution in [0, 0.1) is 26.2 Å². The first-order chi connectivity index (χ1) is 10.7. The Morgan fingerprint density at radius 2 is 1.48 bits per heavy atom. The van der Waals surface area contributed by atoms with Crippen molar-refractivity contribution < 1.29 is 4.21 Å². The molecule has 124 valence electrons. The molecule has 23 heavy (non-hydrogen) atoms. The van der Waals surface area contributed by atoms with Gasteiger partial charge in [-0.1, -0.05) is 68.8 Å². The molecule has 0 saturated heterocycles. The van der Waals surface area contributed by atoms with E-state index in [9.17, 15) is 4.21 Å². The first kappa shape index (κ1) is 17.9. The van der Waals surface area contributed by atoms with Gasteiger partial charge in [-0.05, 0) is 42.9 Å². The molecule has 0 bridgehead atoms. The predicted molar refractivity (Wildman–Crippen MR) is 98.8 cm³/mol. The van der Waals surface area contributed by atoms with Gasteiger partial charge < -0.3 is 0 Å². The SMILES string of the molecule is Cc1cc(C)c(S(=O)N[C@@H](c2ccccc2)C(C)(C)C)c(C)c1. The molecule has 0 fully saturated rings. The Balaban J connectivity index is 2.36. The summed E-state index contributed by atoms with van der Waals surface area (Å²) in [5, 5.41) is 0. The predicted octanol–water partition coefficient (Wildman–Crippen LogP) is 5.01. The summed E-state index contributed by atoms with van der Waals surface area (Å²) >= 11 is 0. The third kappa shape index (κ3) is 4.30. The van der Waals surface area contributed by atoms with E-state index in [1.165, 1.54) is 5.56 Å². The molecule has 0 heterocycles. The quantitative estimate of drug-likeness (QED) is 0.839. The average Bonchev–Trinajstić information content (AvgIpc) is 2.43. The molecule has 0 aliphatic carbocycles.